The molecular weight excluding hydrogens is 122 g/mol. The molecule has 50 valence electrons. The summed E-state index contributed by atoms with van der Waals surface area (Å²) in [4.78, 5) is 0. The predicted octanol–water partition coefficient (Wildman–Crippen LogP) is 2.38. The van der Waals surface area contributed by atoms with Crippen LogP contribution in [0.4, 0.5) is 8.78 Å². The van der Waals surface area contributed by atoms with Crippen LogP contribution in [-0.4, -0.2) is 6.17 Å². The van der Waals surface area contributed by atoms with Gasteiger partial charge in [0.2, 0.25) is 0 Å². The molecule has 0 aliphatic heterocycles. The maximum absolute atomic E-state index is 12.5. The Morgan fingerprint density at radius 1 is 1.56 bits per heavy atom. The zero-order chi connectivity index (χ0) is 6.85. The first-order valence-corrected chi connectivity index (χ1v) is 2.90. The second-order valence-electron chi connectivity index (χ2n) is 2.21. The van der Waals surface area contributed by atoms with Crippen molar-refractivity contribution in [2.24, 2.45) is 5.92 Å². The highest BCUT2D eigenvalue weighted by molar-refractivity contribution is 5.20. The lowest BCUT2D eigenvalue weighted by Gasteiger charge is -2.11. The van der Waals surface area contributed by atoms with E-state index in [-0.39, 0.29) is 5.92 Å². The van der Waals surface area contributed by atoms with Crippen LogP contribution in [-0.2, 0) is 0 Å². The number of hydrogen-bond acceptors (Lipinski definition) is 0. The highest BCUT2D eigenvalue weighted by atomic mass is 19.1. The summed E-state index contributed by atoms with van der Waals surface area (Å²) in [6, 6.07) is 0. The maximum Gasteiger partial charge on any atom is 0.127 e. The molecule has 0 nitrogen and oxygen atoms in total. The van der Waals surface area contributed by atoms with Crippen molar-refractivity contribution in [3.8, 4) is 0 Å². The third-order valence-corrected chi connectivity index (χ3v) is 1.38. The van der Waals surface area contributed by atoms with Gasteiger partial charge in [-0.2, -0.15) is 0 Å². The average Bonchev–Trinajstić information content (AvgIpc) is 1.80. The Kier molecular flexibility index (Phi) is 1.65. The van der Waals surface area contributed by atoms with Crippen LogP contribution >= 0.6 is 0 Å². The minimum absolute atomic E-state index is 0.176. The van der Waals surface area contributed by atoms with Crippen LogP contribution in [0.25, 0.3) is 0 Å². The van der Waals surface area contributed by atoms with E-state index >= 15 is 0 Å². The molecule has 0 heterocycles. The summed E-state index contributed by atoms with van der Waals surface area (Å²) in [6.45, 7) is 1.71. The largest absolute Gasteiger partial charge is 0.242 e. The Morgan fingerprint density at radius 3 is 2.67 bits per heavy atom. The lowest BCUT2D eigenvalue weighted by atomic mass is 10.0. The molecule has 9 heavy (non-hydrogen) atoms. The Labute approximate surface area is 52.9 Å². The molecule has 1 unspecified atom stereocenters. The summed E-state index contributed by atoms with van der Waals surface area (Å²) in [7, 11) is 0. The lowest BCUT2D eigenvalue weighted by Crippen LogP contribution is -2.09. The SMILES string of the molecule is C[C@H]1C=CC(F)=CC1F. The van der Waals surface area contributed by atoms with Crippen LogP contribution in [0.5, 0.6) is 0 Å². The van der Waals surface area contributed by atoms with Crippen molar-refractivity contribution in [2.45, 2.75) is 13.1 Å². The van der Waals surface area contributed by atoms with E-state index in [9.17, 15) is 8.78 Å². The molecule has 0 bridgehead atoms. The van der Waals surface area contributed by atoms with Crippen molar-refractivity contribution in [3.63, 3.8) is 0 Å². The van der Waals surface area contributed by atoms with Gasteiger partial charge in [0, 0.05) is 5.92 Å². The van der Waals surface area contributed by atoms with E-state index < -0.39 is 12.0 Å². The highest BCUT2D eigenvalue weighted by Gasteiger charge is 2.14. The van der Waals surface area contributed by atoms with Gasteiger partial charge in [0.1, 0.15) is 12.0 Å². The monoisotopic (exact) mass is 130 g/mol. The number of rotatable bonds is 0. The normalized spacial score (nSPS) is 34.3. The fourth-order valence-corrected chi connectivity index (χ4v) is 0.709. The van der Waals surface area contributed by atoms with Gasteiger partial charge in [-0.25, -0.2) is 8.78 Å². The second kappa shape index (κ2) is 2.29. The number of hydrogen-bond donors (Lipinski definition) is 0. The van der Waals surface area contributed by atoms with Crippen LogP contribution < -0.4 is 0 Å². The van der Waals surface area contributed by atoms with E-state index in [0.717, 1.165) is 6.08 Å². The van der Waals surface area contributed by atoms with E-state index in [2.05, 4.69) is 0 Å². The Morgan fingerprint density at radius 2 is 2.22 bits per heavy atom. The van der Waals surface area contributed by atoms with E-state index in [0.29, 0.717) is 0 Å². The molecule has 0 aromatic heterocycles. The van der Waals surface area contributed by atoms with Crippen molar-refractivity contribution < 1.29 is 8.78 Å². The van der Waals surface area contributed by atoms with Crippen molar-refractivity contribution in [3.05, 3.63) is 24.1 Å². The number of halogens is 2. The summed E-state index contributed by atoms with van der Waals surface area (Å²) in [5.41, 5.74) is 0. The molecule has 0 N–H and O–H groups in total. The zero-order valence-corrected chi connectivity index (χ0v) is 5.14. The van der Waals surface area contributed by atoms with Gasteiger partial charge in [-0.05, 0) is 12.2 Å². The van der Waals surface area contributed by atoms with Gasteiger partial charge in [0.05, 0.1) is 0 Å². The van der Waals surface area contributed by atoms with E-state index in [1.165, 1.54) is 12.2 Å². The van der Waals surface area contributed by atoms with Gasteiger partial charge in [0.25, 0.3) is 0 Å². The summed E-state index contributed by atoms with van der Waals surface area (Å²) in [6.07, 6.45) is 2.67. The minimum atomic E-state index is -1.14. The maximum atomic E-state index is 12.5. The minimum Gasteiger partial charge on any atom is -0.242 e. The Hall–Kier alpha value is -0.660. The molecule has 1 rings (SSSR count). The molecule has 1 aliphatic rings. The van der Waals surface area contributed by atoms with Gasteiger partial charge >= 0.3 is 0 Å². The van der Waals surface area contributed by atoms with E-state index in [1.807, 2.05) is 0 Å². The number of allylic oxidation sites excluding steroid dienone is 4. The quantitative estimate of drug-likeness (QED) is 0.472. The van der Waals surface area contributed by atoms with Crippen molar-refractivity contribution in [1.82, 2.24) is 0 Å². The molecule has 0 radical (unpaired) electrons. The molecule has 0 aromatic carbocycles. The van der Waals surface area contributed by atoms with Crippen LogP contribution in [0.2, 0.25) is 0 Å². The Balaban J connectivity index is 2.70. The van der Waals surface area contributed by atoms with Gasteiger partial charge in [-0.1, -0.05) is 13.0 Å². The van der Waals surface area contributed by atoms with Gasteiger partial charge < -0.3 is 0 Å². The summed E-state index contributed by atoms with van der Waals surface area (Å²) < 4.78 is 24.6. The summed E-state index contributed by atoms with van der Waals surface area (Å²) >= 11 is 0. The fourth-order valence-electron chi connectivity index (χ4n) is 0.709. The molecule has 2 atom stereocenters. The zero-order valence-electron chi connectivity index (χ0n) is 5.14. The molecule has 0 fully saturated rings. The molecule has 2 heteroatoms. The van der Waals surface area contributed by atoms with E-state index in [1.54, 1.807) is 6.92 Å². The van der Waals surface area contributed by atoms with Crippen molar-refractivity contribution >= 4 is 0 Å². The summed E-state index contributed by atoms with van der Waals surface area (Å²) in [5, 5.41) is 0. The third-order valence-electron chi connectivity index (χ3n) is 1.38. The highest BCUT2D eigenvalue weighted by Crippen LogP contribution is 2.19. The van der Waals surface area contributed by atoms with Gasteiger partial charge in [-0.3, -0.25) is 0 Å². The lowest BCUT2D eigenvalue weighted by molar-refractivity contribution is 0.327. The van der Waals surface area contributed by atoms with E-state index in [4.69, 9.17) is 0 Å². The van der Waals surface area contributed by atoms with Crippen LogP contribution in [0.3, 0.4) is 0 Å². The first-order chi connectivity index (χ1) is 4.20. The van der Waals surface area contributed by atoms with Crippen LogP contribution in [0, 0.1) is 5.92 Å². The van der Waals surface area contributed by atoms with Gasteiger partial charge in [-0.15, -0.1) is 0 Å². The molecule has 0 aromatic rings. The molecule has 1 aliphatic carbocycles. The standard InChI is InChI=1S/C7H8F2/c1-5-2-3-6(8)4-7(5)9/h2-5,7H,1H3/t5-,7?/m0/s1. The van der Waals surface area contributed by atoms with Crippen molar-refractivity contribution in [1.29, 1.82) is 0 Å². The first kappa shape index (κ1) is 6.46. The molecule has 0 spiro atoms. The predicted molar refractivity (Wildman–Crippen MR) is 32.4 cm³/mol. The topological polar surface area (TPSA) is 0 Å². The third kappa shape index (κ3) is 1.37. The van der Waals surface area contributed by atoms with Gasteiger partial charge in [0.15, 0.2) is 0 Å². The summed E-state index contributed by atoms with van der Waals surface area (Å²) in [5.74, 6) is -0.648. The number of alkyl halides is 1. The van der Waals surface area contributed by atoms with Crippen molar-refractivity contribution in [2.75, 3.05) is 0 Å². The fraction of sp³-hybridized carbons (Fsp3) is 0.429. The molecular formula is C7H8F2. The smallest absolute Gasteiger partial charge is 0.127 e. The average molecular weight is 130 g/mol. The van der Waals surface area contributed by atoms with Crippen LogP contribution in [0.15, 0.2) is 24.1 Å². The van der Waals surface area contributed by atoms with Crippen LogP contribution in [0.1, 0.15) is 6.92 Å². The Bertz CT molecular complexity index is 158. The molecule has 0 saturated heterocycles. The second-order valence-corrected chi connectivity index (χ2v) is 2.21. The molecule has 0 saturated carbocycles. The molecule has 0 amide bonds. The first-order valence-electron chi connectivity index (χ1n) is 2.90.